The van der Waals surface area contributed by atoms with Gasteiger partial charge in [-0.3, -0.25) is 4.98 Å². The second-order valence-corrected chi connectivity index (χ2v) is 11.8. The zero-order valence-corrected chi connectivity index (χ0v) is 27.4. The molecule has 0 saturated heterocycles. The predicted molar refractivity (Wildman–Crippen MR) is 179 cm³/mol. The first-order valence-corrected chi connectivity index (χ1v) is 15.2. The van der Waals surface area contributed by atoms with E-state index in [0.29, 0.717) is 5.92 Å². The number of ether oxygens (including phenoxy) is 2. The molecule has 5 aromatic carbocycles. The van der Waals surface area contributed by atoms with Gasteiger partial charge in [0.25, 0.3) is 0 Å². The maximum absolute atomic E-state index is 6.50. The quantitative estimate of drug-likeness (QED) is 0.140. The Morgan fingerprint density at radius 2 is 1.37 bits per heavy atom. The van der Waals surface area contributed by atoms with Crippen molar-refractivity contribution in [2.75, 3.05) is 0 Å². The average Bonchev–Trinajstić information content (AvgIpc) is 3.48. The fourth-order valence-electron chi connectivity index (χ4n) is 6.54. The van der Waals surface area contributed by atoms with E-state index in [0.717, 1.165) is 78.8 Å². The number of aromatic nitrogens is 3. The molecule has 0 amide bonds. The molecule has 0 aliphatic carbocycles. The van der Waals surface area contributed by atoms with E-state index in [-0.39, 0.29) is 27.8 Å². The van der Waals surface area contributed by atoms with Gasteiger partial charge in [0.1, 0.15) is 11.5 Å². The van der Waals surface area contributed by atoms with Gasteiger partial charge in [-0.05, 0) is 54.1 Å². The summed E-state index contributed by atoms with van der Waals surface area (Å²) in [5.74, 6) is 4.33. The smallest absolute Gasteiger partial charge is 0.503 e. The molecule has 2 aliphatic heterocycles. The Labute approximate surface area is 282 Å². The van der Waals surface area contributed by atoms with Crippen molar-refractivity contribution in [3.05, 3.63) is 133 Å². The Morgan fingerprint density at radius 3 is 2.11 bits per heavy atom. The fraction of sp³-hybridized carbons (Fsp3) is 0.0769. The molecule has 0 spiro atoms. The molecule has 0 fully saturated rings. The molecule has 2 aliphatic rings. The number of benzene rings is 5. The van der Waals surface area contributed by atoms with Gasteiger partial charge >= 0.3 is 21.1 Å². The maximum atomic E-state index is 6.50. The van der Waals surface area contributed by atoms with Gasteiger partial charge in [-0.15, -0.1) is 58.5 Å². The van der Waals surface area contributed by atoms with Gasteiger partial charge in [0, 0.05) is 28.8 Å². The number of fused-ring (bicyclic) bond motifs is 5. The summed E-state index contributed by atoms with van der Waals surface area (Å²) in [5.41, 5.74) is 9.82. The fourth-order valence-corrected chi connectivity index (χ4v) is 6.54. The van der Waals surface area contributed by atoms with Crippen LogP contribution in [0.1, 0.15) is 25.3 Å². The van der Waals surface area contributed by atoms with E-state index in [9.17, 15) is 0 Å². The predicted octanol–water partition coefficient (Wildman–Crippen LogP) is 7.20. The second-order valence-electron chi connectivity index (χ2n) is 11.8. The van der Waals surface area contributed by atoms with Crippen molar-refractivity contribution in [2.24, 2.45) is 0 Å². The number of nitrogens with zero attached hydrogens (tertiary/aromatic N) is 3. The summed E-state index contributed by atoms with van der Waals surface area (Å²) in [6.07, 6.45) is 1.88. The Bertz CT molecular complexity index is 2270. The summed E-state index contributed by atoms with van der Waals surface area (Å²) in [5, 5.41) is 0. The maximum Gasteiger partial charge on any atom is 2.00 e. The zero-order valence-electron chi connectivity index (χ0n) is 25.1. The van der Waals surface area contributed by atoms with Crippen LogP contribution in [0, 0.1) is 12.1 Å². The number of hydrogen-bond donors (Lipinski definition) is 0. The van der Waals surface area contributed by atoms with Crippen LogP contribution in [0.15, 0.2) is 115 Å². The summed E-state index contributed by atoms with van der Waals surface area (Å²) >= 11 is 0. The average molecular weight is 775 g/mol. The van der Waals surface area contributed by atoms with E-state index in [2.05, 4.69) is 85.1 Å². The molecule has 0 atom stereocenters. The topological polar surface area (TPSA) is 49.2 Å². The molecule has 4 heterocycles. The minimum atomic E-state index is -0.188. The van der Waals surface area contributed by atoms with Crippen LogP contribution < -0.4 is 25.9 Å². The van der Waals surface area contributed by atoms with E-state index < -0.39 is 0 Å². The van der Waals surface area contributed by atoms with Crippen LogP contribution >= 0.6 is 0 Å². The molecule has 0 N–H and O–H groups in total. The van der Waals surface area contributed by atoms with E-state index in [1.54, 1.807) is 0 Å². The first kappa shape index (κ1) is 28.5. The first-order chi connectivity index (χ1) is 22.1. The van der Waals surface area contributed by atoms with Crippen molar-refractivity contribution in [3.8, 4) is 51.3 Å². The number of rotatable bonds is 4. The number of para-hydroxylation sites is 3. The van der Waals surface area contributed by atoms with Gasteiger partial charge in [0.15, 0.2) is 0 Å². The van der Waals surface area contributed by atoms with Crippen LogP contribution in [-0.4, -0.2) is 21.2 Å². The van der Waals surface area contributed by atoms with Crippen molar-refractivity contribution in [1.82, 2.24) is 14.5 Å². The van der Waals surface area contributed by atoms with Crippen LogP contribution in [0.2, 0.25) is 0 Å². The van der Waals surface area contributed by atoms with Gasteiger partial charge in [0.05, 0.1) is 16.9 Å². The molecular formula is C39H26BN3O2Pt. The summed E-state index contributed by atoms with van der Waals surface area (Å²) < 4.78 is 15.2. The van der Waals surface area contributed by atoms with E-state index in [4.69, 9.17) is 19.4 Å². The Kier molecular flexibility index (Phi) is 6.92. The summed E-state index contributed by atoms with van der Waals surface area (Å²) in [6.45, 7) is 4.20. The van der Waals surface area contributed by atoms with Gasteiger partial charge in [-0.25, -0.2) is 0 Å². The molecular weight excluding hydrogens is 748 g/mol. The van der Waals surface area contributed by atoms with Gasteiger partial charge in [-0.2, -0.15) is 0 Å². The van der Waals surface area contributed by atoms with Crippen molar-refractivity contribution in [3.63, 3.8) is 0 Å². The molecule has 7 aromatic rings. The molecule has 0 unspecified atom stereocenters. The Hall–Kier alpha value is -4.93. The van der Waals surface area contributed by atoms with Gasteiger partial charge < -0.3 is 19.0 Å². The summed E-state index contributed by atoms with van der Waals surface area (Å²) in [7, 11) is 0. The molecule has 7 heteroatoms. The minimum Gasteiger partial charge on any atom is -0.503 e. The number of pyridine rings is 1. The van der Waals surface area contributed by atoms with E-state index >= 15 is 0 Å². The van der Waals surface area contributed by atoms with Crippen molar-refractivity contribution in [1.29, 1.82) is 0 Å². The zero-order chi connectivity index (χ0) is 30.1. The van der Waals surface area contributed by atoms with E-state index in [1.165, 1.54) is 5.56 Å². The molecule has 46 heavy (non-hydrogen) atoms. The summed E-state index contributed by atoms with van der Waals surface area (Å²) in [4.78, 5) is 9.81. The third-order valence-electron chi connectivity index (χ3n) is 8.75. The van der Waals surface area contributed by atoms with Crippen LogP contribution in [0.4, 0.5) is 0 Å². The largest absolute Gasteiger partial charge is 2.00 e. The van der Waals surface area contributed by atoms with Crippen LogP contribution in [0.3, 0.4) is 0 Å². The molecule has 5 nitrogen and oxygen atoms in total. The Morgan fingerprint density at radius 1 is 0.696 bits per heavy atom. The van der Waals surface area contributed by atoms with Crippen LogP contribution in [-0.2, 0) is 21.1 Å². The third-order valence-corrected chi connectivity index (χ3v) is 8.75. The first-order valence-electron chi connectivity index (χ1n) is 15.2. The van der Waals surface area contributed by atoms with Crippen LogP contribution in [0.5, 0.6) is 23.0 Å². The third kappa shape index (κ3) is 4.51. The molecule has 9 rings (SSSR count). The normalized spacial score (nSPS) is 12.5. The van der Waals surface area contributed by atoms with Crippen LogP contribution in [0.25, 0.3) is 39.4 Å². The van der Waals surface area contributed by atoms with Gasteiger partial charge in [-0.1, -0.05) is 61.9 Å². The second kappa shape index (κ2) is 11.2. The standard InChI is InChI=1S/C39H26BN3O2.Pt/c1-24(2)25-19-20-41-32(23-25)26-15-17-34-29(21-26)40-30-22-27(16-18-35(30)45-37-14-8-13-36(44-34)38(37)40)39-42-31-11-6-7-12-33(31)43(39)28-9-4-3-5-10-28;/h3-20,23-24H,1-2H3;/q-2;+2. The number of imidazole rings is 1. The molecule has 222 valence electrons. The molecule has 0 saturated carbocycles. The van der Waals surface area contributed by atoms with Crippen molar-refractivity contribution in [2.45, 2.75) is 19.8 Å². The van der Waals surface area contributed by atoms with Crippen molar-refractivity contribution >= 4 is 34.1 Å². The SMILES string of the molecule is CC(C)c1ccnc(-c2[c-]c3c(cc2)Oc2cccc4c2B3c2[c-]c(-c3nc5ccccc5n3-c3ccccc3)ccc2O4)c1.[Pt+2]. The molecule has 2 aromatic heterocycles. The van der Waals surface area contributed by atoms with Gasteiger partial charge in [0.2, 0.25) is 6.71 Å². The van der Waals surface area contributed by atoms with Crippen molar-refractivity contribution < 1.29 is 30.5 Å². The number of hydrogen-bond acceptors (Lipinski definition) is 4. The minimum absolute atomic E-state index is 0. The Balaban J connectivity index is 0.00000312. The summed E-state index contributed by atoms with van der Waals surface area (Å²) in [6, 6.07) is 44.5. The molecule has 0 bridgehead atoms. The monoisotopic (exact) mass is 774 g/mol. The van der Waals surface area contributed by atoms with E-state index in [1.807, 2.05) is 60.8 Å². The molecule has 0 radical (unpaired) electrons.